The number of para-hydroxylation sites is 1. The van der Waals surface area contributed by atoms with E-state index >= 15 is 0 Å². The van der Waals surface area contributed by atoms with Crippen molar-refractivity contribution < 1.29 is 14.4 Å². The van der Waals surface area contributed by atoms with Gasteiger partial charge in [-0.1, -0.05) is 43.7 Å². The zero-order valence-electron chi connectivity index (χ0n) is 19.3. The standard InChI is InChI=1S/C28H29N3O3/c1-2-3-7-20-10-14-23(15-11-20)29-27(33)21-12-16-24(17-13-21)30-28(34)22-18-26(32)31(19-22)25-8-5-4-6-9-25/h4-6,8-17,22H,2-3,7,18-19H2,1H3,(H,29,33)(H,30,34). The van der Waals surface area contributed by atoms with E-state index in [0.29, 0.717) is 17.8 Å². The lowest BCUT2D eigenvalue weighted by Crippen LogP contribution is -2.28. The van der Waals surface area contributed by atoms with Gasteiger partial charge >= 0.3 is 0 Å². The minimum atomic E-state index is -0.420. The molecule has 0 saturated carbocycles. The first-order valence-corrected chi connectivity index (χ1v) is 11.7. The van der Waals surface area contributed by atoms with Gasteiger partial charge in [0, 0.05) is 35.6 Å². The first-order valence-electron chi connectivity index (χ1n) is 11.7. The Morgan fingerprint density at radius 3 is 2.21 bits per heavy atom. The zero-order valence-corrected chi connectivity index (χ0v) is 19.3. The van der Waals surface area contributed by atoms with E-state index in [1.165, 1.54) is 5.56 Å². The predicted molar refractivity (Wildman–Crippen MR) is 135 cm³/mol. The summed E-state index contributed by atoms with van der Waals surface area (Å²) in [7, 11) is 0. The second-order valence-corrected chi connectivity index (χ2v) is 8.56. The summed E-state index contributed by atoms with van der Waals surface area (Å²) in [6.07, 6.45) is 3.52. The van der Waals surface area contributed by atoms with Gasteiger partial charge in [0.15, 0.2) is 0 Å². The molecule has 3 aromatic rings. The van der Waals surface area contributed by atoms with Crippen molar-refractivity contribution in [2.45, 2.75) is 32.6 Å². The highest BCUT2D eigenvalue weighted by atomic mass is 16.2. The highest BCUT2D eigenvalue weighted by Gasteiger charge is 2.35. The van der Waals surface area contributed by atoms with Crippen LogP contribution in [0.15, 0.2) is 78.9 Å². The first-order chi connectivity index (χ1) is 16.5. The number of benzene rings is 3. The molecular weight excluding hydrogens is 426 g/mol. The van der Waals surface area contributed by atoms with Gasteiger partial charge in [-0.3, -0.25) is 14.4 Å². The number of nitrogens with zero attached hydrogens (tertiary/aromatic N) is 1. The Morgan fingerprint density at radius 1 is 0.882 bits per heavy atom. The van der Waals surface area contributed by atoms with E-state index in [1.54, 1.807) is 29.2 Å². The lowest BCUT2D eigenvalue weighted by molar-refractivity contribution is -0.122. The van der Waals surface area contributed by atoms with Crippen LogP contribution in [0.25, 0.3) is 0 Å². The van der Waals surface area contributed by atoms with Crippen molar-refractivity contribution in [2.75, 3.05) is 22.1 Å². The van der Waals surface area contributed by atoms with Crippen LogP contribution in [0.5, 0.6) is 0 Å². The van der Waals surface area contributed by atoms with E-state index in [-0.39, 0.29) is 24.1 Å². The molecule has 6 nitrogen and oxygen atoms in total. The van der Waals surface area contributed by atoms with E-state index in [2.05, 4.69) is 17.6 Å². The van der Waals surface area contributed by atoms with Crippen molar-refractivity contribution in [3.8, 4) is 0 Å². The molecule has 4 rings (SSSR count). The van der Waals surface area contributed by atoms with E-state index in [0.717, 1.165) is 30.6 Å². The van der Waals surface area contributed by atoms with Crippen LogP contribution in [0, 0.1) is 5.92 Å². The second-order valence-electron chi connectivity index (χ2n) is 8.56. The number of unbranched alkanes of at least 4 members (excludes halogenated alkanes) is 1. The fourth-order valence-electron chi connectivity index (χ4n) is 4.03. The molecule has 0 aromatic heterocycles. The maximum Gasteiger partial charge on any atom is 0.255 e. The van der Waals surface area contributed by atoms with E-state index in [4.69, 9.17) is 0 Å². The number of amides is 3. The molecule has 0 radical (unpaired) electrons. The number of hydrogen-bond acceptors (Lipinski definition) is 3. The number of rotatable bonds is 8. The monoisotopic (exact) mass is 455 g/mol. The van der Waals surface area contributed by atoms with Crippen molar-refractivity contribution in [3.63, 3.8) is 0 Å². The second kappa shape index (κ2) is 10.8. The summed E-state index contributed by atoms with van der Waals surface area (Å²) in [5.41, 5.74) is 3.90. The number of carbonyl (C=O) groups is 3. The Balaban J connectivity index is 1.31. The van der Waals surface area contributed by atoms with Crippen LogP contribution < -0.4 is 15.5 Å². The topological polar surface area (TPSA) is 78.5 Å². The summed E-state index contributed by atoms with van der Waals surface area (Å²) in [6.45, 7) is 2.52. The SMILES string of the molecule is CCCCc1ccc(NC(=O)c2ccc(NC(=O)C3CC(=O)N(c4ccccc4)C3)cc2)cc1. The molecule has 1 atom stereocenters. The third-order valence-electron chi connectivity index (χ3n) is 6.01. The van der Waals surface area contributed by atoms with Gasteiger partial charge in [0.1, 0.15) is 0 Å². The largest absolute Gasteiger partial charge is 0.326 e. The zero-order chi connectivity index (χ0) is 23.9. The fraction of sp³-hybridized carbons (Fsp3) is 0.250. The van der Waals surface area contributed by atoms with Crippen LogP contribution in [-0.4, -0.2) is 24.3 Å². The number of hydrogen-bond donors (Lipinski definition) is 2. The predicted octanol–water partition coefficient (Wildman–Crippen LogP) is 5.27. The van der Waals surface area contributed by atoms with Crippen LogP contribution in [0.2, 0.25) is 0 Å². The smallest absolute Gasteiger partial charge is 0.255 e. The highest BCUT2D eigenvalue weighted by Crippen LogP contribution is 2.26. The van der Waals surface area contributed by atoms with Crippen molar-refractivity contribution in [1.82, 2.24) is 0 Å². The Kier molecular flexibility index (Phi) is 7.38. The molecular formula is C28H29N3O3. The molecule has 174 valence electrons. The van der Waals surface area contributed by atoms with Gasteiger partial charge in [0.25, 0.3) is 5.91 Å². The lowest BCUT2D eigenvalue weighted by Gasteiger charge is -2.16. The minimum absolute atomic E-state index is 0.0586. The number of aryl methyl sites for hydroxylation is 1. The molecule has 1 unspecified atom stereocenters. The van der Waals surface area contributed by atoms with Gasteiger partial charge in [-0.2, -0.15) is 0 Å². The van der Waals surface area contributed by atoms with Crippen LogP contribution in [0.1, 0.15) is 42.1 Å². The van der Waals surface area contributed by atoms with Crippen LogP contribution >= 0.6 is 0 Å². The highest BCUT2D eigenvalue weighted by molar-refractivity contribution is 6.05. The van der Waals surface area contributed by atoms with Crippen molar-refractivity contribution >= 4 is 34.8 Å². The number of anilines is 3. The van der Waals surface area contributed by atoms with Gasteiger partial charge in [-0.25, -0.2) is 0 Å². The average molecular weight is 456 g/mol. The molecule has 1 fully saturated rings. The molecule has 0 aliphatic carbocycles. The van der Waals surface area contributed by atoms with Gasteiger partial charge < -0.3 is 15.5 Å². The van der Waals surface area contributed by atoms with E-state index < -0.39 is 5.92 Å². The van der Waals surface area contributed by atoms with Gasteiger partial charge in [0.2, 0.25) is 11.8 Å². The first kappa shape index (κ1) is 23.2. The summed E-state index contributed by atoms with van der Waals surface area (Å²) in [6, 6.07) is 24.0. The number of carbonyl (C=O) groups excluding carboxylic acids is 3. The van der Waals surface area contributed by atoms with Crippen molar-refractivity contribution in [1.29, 1.82) is 0 Å². The fourth-order valence-corrected chi connectivity index (χ4v) is 4.03. The summed E-state index contributed by atoms with van der Waals surface area (Å²) in [4.78, 5) is 39.3. The van der Waals surface area contributed by atoms with Crippen LogP contribution in [0.4, 0.5) is 17.1 Å². The van der Waals surface area contributed by atoms with Gasteiger partial charge in [0.05, 0.1) is 5.92 Å². The third-order valence-corrected chi connectivity index (χ3v) is 6.01. The lowest BCUT2D eigenvalue weighted by atomic mass is 10.1. The molecule has 1 aliphatic heterocycles. The third kappa shape index (κ3) is 5.70. The molecule has 1 heterocycles. The Labute approximate surface area is 200 Å². The number of nitrogens with one attached hydrogen (secondary N) is 2. The Hall–Kier alpha value is -3.93. The normalized spacial score (nSPS) is 15.3. The molecule has 0 bridgehead atoms. The maximum atomic E-state index is 12.7. The molecule has 3 amide bonds. The molecule has 1 saturated heterocycles. The molecule has 6 heteroatoms. The molecule has 34 heavy (non-hydrogen) atoms. The Bertz CT molecular complexity index is 1140. The van der Waals surface area contributed by atoms with E-state index in [9.17, 15) is 14.4 Å². The minimum Gasteiger partial charge on any atom is -0.326 e. The van der Waals surface area contributed by atoms with Gasteiger partial charge in [-0.15, -0.1) is 0 Å². The van der Waals surface area contributed by atoms with Crippen LogP contribution in [-0.2, 0) is 16.0 Å². The van der Waals surface area contributed by atoms with Crippen LogP contribution in [0.3, 0.4) is 0 Å². The summed E-state index contributed by atoms with van der Waals surface area (Å²) < 4.78 is 0. The van der Waals surface area contributed by atoms with Crippen molar-refractivity contribution in [3.05, 3.63) is 90.0 Å². The quantitative estimate of drug-likeness (QED) is 0.485. The molecule has 3 aromatic carbocycles. The summed E-state index contributed by atoms with van der Waals surface area (Å²) in [5.74, 6) is -0.890. The summed E-state index contributed by atoms with van der Waals surface area (Å²) >= 11 is 0. The molecule has 2 N–H and O–H groups in total. The van der Waals surface area contributed by atoms with Gasteiger partial charge in [-0.05, 0) is 66.9 Å². The molecule has 0 spiro atoms. The van der Waals surface area contributed by atoms with E-state index in [1.807, 2.05) is 54.6 Å². The summed E-state index contributed by atoms with van der Waals surface area (Å²) in [5, 5.41) is 5.77. The van der Waals surface area contributed by atoms with Crippen molar-refractivity contribution in [2.24, 2.45) is 5.92 Å². The molecule has 1 aliphatic rings. The Morgan fingerprint density at radius 2 is 1.53 bits per heavy atom. The average Bonchev–Trinajstić information content (AvgIpc) is 3.26. The maximum absolute atomic E-state index is 12.7.